The van der Waals surface area contributed by atoms with E-state index in [1.54, 1.807) is 15.9 Å². The summed E-state index contributed by atoms with van der Waals surface area (Å²) in [6, 6.07) is 7.89. The first-order valence-corrected chi connectivity index (χ1v) is 9.86. The second-order valence-corrected chi connectivity index (χ2v) is 8.01. The lowest BCUT2D eigenvalue weighted by Crippen LogP contribution is -2.23. The van der Waals surface area contributed by atoms with Crippen LogP contribution >= 0.6 is 27.3 Å². The number of rotatable bonds is 3. The predicted molar refractivity (Wildman–Crippen MR) is 104 cm³/mol. The molecule has 1 aliphatic carbocycles. The largest absolute Gasteiger partial charge is 0.325 e. The van der Waals surface area contributed by atoms with Gasteiger partial charge in [0.05, 0.1) is 5.39 Å². The number of aromatic nitrogens is 2. The van der Waals surface area contributed by atoms with E-state index in [1.807, 2.05) is 31.2 Å². The molecule has 124 valence electrons. The van der Waals surface area contributed by atoms with Crippen LogP contribution < -0.4 is 10.9 Å². The Morgan fingerprint density at radius 2 is 2.00 bits per heavy atom. The molecule has 0 spiro atoms. The summed E-state index contributed by atoms with van der Waals surface area (Å²) in [6.45, 7) is 2.59. The molecule has 1 aliphatic rings. The van der Waals surface area contributed by atoms with Crippen molar-refractivity contribution in [2.75, 3.05) is 5.32 Å². The molecule has 1 aromatic carbocycles. The number of nitrogens with one attached hydrogen (secondary N) is 1. The van der Waals surface area contributed by atoms with E-state index in [9.17, 15) is 4.79 Å². The Morgan fingerprint density at radius 3 is 2.75 bits per heavy atom. The summed E-state index contributed by atoms with van der Waals surface area (Å²) < 4.78 is 2.77. The zero-order valence-electron chi connectivity index (χ0n) is 13.4. The number of fused-ring (bicyclic) bond motifs is 3. The van der Waals surface area contributed by atoms with Crippen LogP contribution in [0, 0.1) is 0 Å². The van der Waals surface area contributed by atoms with Crippen LogP contribution in [0.4, 0.5) is 11.6 Å². The van der Waals surface area contributed by atoms with Gasteiger partial charge in [-0.25, -0.2) is 4.98 Å². The number of halogens is 1. The molecule has 0 unspecified atom stereocenters. The topological polar surface area (TPSA) is 46.9 Å². The van der Waals surface area contributed by atoms with Crippen LogP contribution in [0.25, 0.3) is 10.2 Å². The van der Waals surface area contributed by atoms with E-state index in [1.165, 1.54) is 23.3 Å². The maximum absolute atomic E-state index is 13.0. The molecule has 0 saturated heterocycles. The number of anilines is 2. The van der Waals surface area contributed by atoms with E-state index in [-0.39, 0.29) is 5.56 Å². The molecule has 4 nitrogen and oxygen atoms in total. The van der Waals surface area contributed by atoms with Gasteiger partial charge in [-0.2, -0.15) is 0 Å². The smallest absolute Gasteiger partial charge is 0.263 e. The van der Waals surface area contributed by atoms with Crippen molar-refractivity contribution < 1.29 is 0 Å². The highest BCUT2D eigenvalue weighted by Gasteiger charge is 2.21. The quantitative estimate of drug-likeness (QED) is 0.678. The Bertz CT molecular complexity index is 959. The van der Waals surface area contributed by atoms with E-state index in [2.05, 4.69) is 21.2 Å². The van der Waals surface area contributed by atoms with Crippen LogP contribution in [0.5, 0.6) is 0 Å². The highest BCUT2D eigenvalue weighted by molar-refractivity contribution is 9.10. The maximum atomic E-state index is 13.0. The number of hydrogen-bond donors (Lipinski definition) is 1. The van der Waals surface area contributed by atoms with Crippen molar-refractivity contribution in [1.29, 1.82) is 0 Å². The monoisotopic (exact) mass is 403 g/mol. The van der Waals surface area contributed by atoms with E-state index in [4.69, 9.17) is 4.98 Å². The Hall–Kier alpha value is -1.66. The molecule has 0 bridgehead atoms. The molecular formula is C18H18BrN3OS. The minimum atomic E-state index is 0.0847. The molecule has 2 heterocycles. The van der Waals surface area contributed by atoms with Crippen molar-refractivity contribution in [3.8, 4) is 0 Å². The normalized spacial score (nSPS) is 13.9. The first-order chi connectivity index (χ1) is 11.7. The van der Waals surface area contributed by atoms with Gasteiger partial charge in [0.2, 0.25) is 5.95 Å². The summed E-state index contributed by atoms with van der Waals surface area (Å²) in [7, 11) is 0. The Balaban J connectivity index is 1.86. The van der Waals surface area contributed by atoms with Gasteiger partial charge in [-0.05, 0) is 62.4 Å². The van der Waals surface area contributed by atoms with Gasteiger partial charge in [0.15, 0.2) is 0 Å². The Morgan fingerprint density at radius 1 is 1.25 bits per heavy atom. The molecule has 6 heteroatoms. The highest BCUT2D eigenvalue weighted by atomic mass is 79.9. The van der Waals surface area contributed by atoms with E-state index >= 15 is 0 Å². The fraction of sp³-hybridized carbons (Fsp3) is 0.333. The predicted octanol–water partition coefficient (Wildman–Crippen LogP) is 4.86. The third-order valence-electron chi connectivity index (χ3n) is 4.49. The second-order valence-electron chi connectivity index (χ2n) is 6.01. The van der Waals surface area contributed by atoms with Gasteiger partial charge in [0.25, 0.3) is 5.56 Å². The minimum absolute atomic E-state index is 0.0847. The molecule has 1 N–H and O–H groups in total. The van der Waals surface area contributed by atoms with Crippen LogP contribution in [0.2, 0.25) is 0 Å². The Labute approximate surface area is 152 Å². The second kappa shape index (κ2) is 6.33. The minimum Gasteiger partial charge on any atom is -0.325 e. The first-order valence-electron chi connectivity index (χ1n) is 8.25. The highest BCUT2D eigenvalue weighted by Crippen LogP contribution is 2.34. The number of aryl methyl sites for hydroxylation is 2. The van der Waals surface area contributed by atoms with Gasteiger partial charge in [-0.3, -0.25) is 9.36 Å². The molecule has 3 aromatic rings. The van der Waals surface area contributed by atoms with Gasteiger partial charge in [-0.1, -0.05) is 15.9 Å². The van der Waals surface area contributed by atoms with Gasteiger partial charge in [0, 0.05) is 21.6 Å². The average Bonchev–Trinajstić information content (AvgIpc) is 2.95. The van der Waals surface area contributed by atoms with Crippen molar-refractivity contribution in [2.24, 2.45) is 0 Å². The van der Waals surface area contributed by atoms with E-state index in [0.29, 0.717) is 12.5 Å². The van der Waals surface area contributed by atoms with Crippen LogP contribution in [0.15, 0.2) is 33.5 Å². The number of benzene rings is 1. The van der Waals surface area contributed by atoms with E-state index in [0.717, 1.165) is 33.2 Å². The fourth-order valence-electron chi connectivity index (χ4n) is 3.29. The number of thiophene rings is 1. The average molecular weight is 404 g/mol. The summed E-state index contributed by atoms with van der Waals surface area (Å²) in [5, 5.41) is 4.15. The lowest BCUT2D eigenvalue weighted by molar-refractivity contribution is 0.696. The first kappa shape index (κ1) is 15.8. The van der Waals surface area contributed by atoms with Crippen LogP contribution in [0.3, 0.4) is 0 Å². The molecule has 2 aromatic heterocycles. The van der Waals surface area contributed by atoms with Crippen molar-refractivity contribution in [1.82, 2.24) is 9.55 Å². The molecule has 24 heavy (non-hydrogen) atoms. The van der Waals surface area contributed by atoms with Crippen LogP contribution in [-0.2, 0) is 19.4 Å². The van der Waals surface area contributed by atoms with Crippen molar-refractivity contribution in [3.05, 3.63) is 49.5 Å². The summed E-state index contributed by atoms with van der Waals surface area (Å²) in [5.74, 6) is 0.621. The van der Waals surface area contributed by atoms with Gasteiger partial charge < -0.3 is 5.32 Å². The third kappa shape index (κ3) is 2.67. The zero-order valence-corrected chi connectivity index (χ0v) is 15.8. The summed E-state index contributed by atoms with van der Waals surface area (Å²) in [5.41, 5.74) is 2.26. The molecule has 0 amide bonds. The van der Waals surface area contributed by atoms with Gasteiger partial charge in [0.1, 0.15) is 4.83 Å². The van der Waals surface area contributed by atoms with Crippen molar-refractivity contribution in [3.63, 3.8) is 0 Å². The van der Waals surface area contributed by atoms with Gasteiger partial charge >= 0.3 is 0 Å². The van der Waals surface area contributed by atoms with Gasteiger partial charge in [-0.15, -0.1) is 11.3 Å². The van der Waals surface area contributed by atoms with Crippen molar-refractivity contribution >= 4 is 49.1 Å². The Kier molecular flexibility index (Phi) is 4.18. The molecule has 0 aliphatic heterocycles. The summed E-state index contributed by atoms with van der Waals surface area (Å²) in [6.07, 6.45) is 4.47. The molecule has 0 saturated carbocycles. The molecule has 0 radical (unpaired) electrons. The molecular weight excluding hydrogens is 386 g/mol. The van der Waals surface area contributed by atoms with Crippen LogP contribution in [0.1, 0.15) is 30.2 Å². The summed E-state index contributed by atoms with van der Waals surface area (Å²) in [4.78, 5) is 20.1. The number of nitrogens with zero attached hydrogens (tertiary/aromatic N) is 2. The van der Waals surface area contributed by atoms with Crippen molar-refractivity contribution in [2.45, 2.75) is 39.2 Å². The third-order valence-corrected chi connectivity index (χ3v) is 6.21. The SMILES string of the molecule is CCn1c(Nc2ccc(Br)cc2)nc2sc3c(c2c1=O)CCCC3. The molecule has 0 atom stereocenters. The van der Waals surface area contributed by atoms with E-state index < -0.39 is 0 Å². The van der Waals surface area contributed by atoms with Crippen LogP contribution in [-0.4, -0.2) is 9.55 Å². The fourth-order valence-corrected chi connectivity index (χ4v) is 4.81. The maximum Gasteiger partial charge on any atom is 0.263 e. The number of hydrogen-bond acceptors (Lipinski definition) is 4. The standard InChI is InChI=1S/C18H18BrN3OS/c1-2-22-17(23)15-13-5-3-4-6-14(13)24-16(15)21-18(22)20-12-9-7-11(19)8-10-12/h7-10H,2-6H2,1H3,(H,20,21). The lowest BCUT2D eigenvalue weighted by Gasteiger charge is -2.13. The lowest BCUT2D eigenvalue weighted by atomic mass is 9.97. The molecule has 4 rings (SSSR count). The zero-order chi connectivity index (χ0) is 16.7. The molecule has 0 fully saturated rings. The summed E-state index contributed by atoms with van der Waals surface area (Å²) >= 11 is 5.13.